The van der Waals surface area contributed by atoms with Gasteiger partial charge in [0.05, 0.1) is 22.1 Å². The van der Waals surface area contributed by atoms with E-state index in [9.17, 15) is 18.8 Å². The summed E-state index contributed by atoms with van der Waals surface area (Å²) < 4.78 is 19.3. The van der Waals surface area contributed by atoms with E-state index in [1.807, 2.05) is 13.8 Å². The molecule has 0 bridgehead atoms. The lowest BCUT2D eigenvalue weighted by molar-refractivity contribution is 0.0379. The molecule has 0 aliphatic carbocycles. The monoisotopic (exact) mass is 420 g/mol. The van der Waals surface area contributed by atoms with Gasteiger partial charge in [0.25, 0.3) is 11.8 Å². The van der Waals surface area contributed by atoms with Crippen molar-refractivity contribution < 1.29 is 23.5 Å². The maximum Gasteiger partial charge on any atom is 0.341 e. The van der Waals surface area contributed by atoms with Crippen molar-refractivity contribution in [3.8, 4) is 0 Å². The third-order valence-electron chi connectivity index (χ3n) is 4.28. The highest BCUT2D eigenvalue weighted by Gasteiger charge is 2.29. The topological polar surface area (TPSA) is 75.7 Å². The number of carbonyl (C=O) groups is 3. The molecular weight excluding hydrogens is 395 g/mol. The number of esters is 1. The molecule has 0 saturated carbocycles. The second-order valence-corrected chi connectivity index (χ2v) is 7.65. The number of anilines is 1. The van der Waals surface area contributed by atoms with Crippen LogP contribution in [0.2, 0.25) is 0 Å². The number of thiophene rings is 1. The quantitative estimate of drug-likeness (QED) is 0.670. The molecule has 0 aliphatic rings. The van der Waals surface area contributed by atoms with E-state index in [4.69, 9.17) is 4.74 Å². The number of hydrogen-bond acceptors (Lipinski definition) is 5. The van der Waals surface area contributed by atoms with Gasteiger partial charge in [0.2, 0.25) is 0 Å². The molecule has 6 nitrogen and oxygen atoms in total. The van der Waals surface area contributed by atoms with Crippen molar-refractivity contribution in [2.45, 2.75) is 40.7 Å². The SMILES string of the molecule is CCN(CC)C(=O)c1sc(NC(=O)c2ccccc2F)c(C(=O)OC(C)C)c1C. The summed E-state index contributed by atoms with van der Waals surface area (Å²) in [6, 6.07) is 5.55. The van der Waals surface area contributed by atoms with Crippen molar-refractivity contribution in [3.63, 3.8) is 0 Å². The van der Waals surface area contributed by atoms with Gasteiger partial charge in [-0.2, -0.15) is 0 Å². The van der Waals surface area contributed by atoms with Gasteiger partial charge < -0.3 is 15.0 Å². The van der Waals surface area contributed by atoms with Crippen molar-refractivity contribution in [1.29, 1.82) is 0 Å². The zero-order valence-electron chi connectivity index (χ0n) is 17.2. The average molecular weight is 421 g/mol. The van der Waals surface area contributed by atoms with Crippen molar-refractivity contribution in [2.24, 2.45) is 0 Å². The highest BCUT2D eigenvalue weighted by molar-refractivity contribution is 7.18. The molecule has 1 N–H and O–H groups in total. The van der Waals surface area contributed by atoms with Gasteiger partial charge in [-0.25, -0.2) is 9.18 Å². The molecule has 0 spiro atoms. The summed E-state index contributed by atoms with van der Waals surface area (Å²) in [5, 5.41) is 2.74. The van der Waals surface area contributed by atoms with Crippen LogP contribution in [0.15, 0.2) is 24.3 Å². The third kappa shape index (κ3) is 5.00. The van der Waals surface area contributed by atoms with Crippen LogP contribution in [0.4, 0.5) is 9.39 Å². The third-order valence-corrected chi connectivity index (χ3v) is 5.48. The zero-order chi connectivity index (χ0) is 21.7. The number of hydrogen-bond donors (Lipinski definition) is 1. The highest BCUT2D eigenvalue weighted by Crippen LogP contribution is 2.35. The minimum atomic E-state index is -0.704. The summed E-state index contributed by atoms with van der Waals surface area (Å²) in [6.07, 6.45) is -0.376. The lowest BCUT2D eigenvalue weighted by Gasteiger charge is -2.18. The van der Waals surface area contributed by atoms with Gasteiger partial charge in [0.15, 0.2) is 0 Å². The van der Waals surface area contributed by atoms with Crippen LogP contribution in [0.1, 0.15) is 63.6 Å². The molecule has 2 rings (SSSR count). The molecule has 0 unspecified atom stereocenters. The Morgan fingerprint density at radius 2 is 1.79 bits per heavy atom. The number of nitrogens with zero attached hydrogens (tertiary/aromatic N) is 1. The maximum absolute atomic E-state index is 14.0. The molecule has 0 atom stereocenters. The maximum atomic E-state index is 14.0. The Morgan fingerprint density at radius 1 is 1.17 bits per heavy atom. The van der Waals surface area contributed by atoms with Crippen LogP contribution in [0.3, 0.4) is 0 Å². The van der Waals surface area contributed by atoms with Crippen LogP contribution in [0.5, 0.6) is 0 Å². The average Bonchev–Trinajstić information content (AvgIpc) is 2.98. The predicted molar refractivity (Wildman–Crippen MR) is 111 cm³/mol. The molecular formula is C21H25FN2O4S. The lowest BCUT2D eigenvalue weighted by atomic mass is 10.1. The zero-order valence-corrected chi connectivity index (χ0v) is 18.0. The van der Waals surface area contributed by atoms with Crippen LogP contribution in [0, 0.1) is 12.7 Å². The largest absolute Gasteiger partial charge is 0.459 e. The van der Waals surface area contributed by atoms with E-state index in [2.05, 4.69) is 5.32 Å². The highest BCUT2D eigenvalue weighted by atomic mass is 32.1. The van der Waals surface area contributed by atoms with Gasteiger partial charge in [0.1, 0.15) is 10.8 Å². The van der Waals surface area contributed by atoms with E-state index in [1.54, 1.807) is 31.7 Å². The second kappa shape index (κ2) is 9.65. The predicted octanol–water partition coefficient (Wildman–Crippen LogP) is 4.50. The van der Waals surface area contributed by atoms with Gasteiger partial charge >= 0.3 is 5.97 Å². The first-order chi connectivity index (χ1) is 13.7. The lowest BCUT2D eigenvalue weighted by Crippen LogP contribution is -2.30. The van der Waals surface area contributed by atoms with E-state index in [0.717, 1.165) is 11.3 Å². The van der Waals surface area contributed by atoms with Crippen LogP contribution >= 0.6 is 11.3 Å². The van der Waals surface area contributed by atoms with E-state index >= 15 is 0 Å². The molecule has 0 radical (unpaired) electrons. The molecule has 1 aromatic heterocycles. The Kier molecular flexibility index (Phi) is 7.50. The molecule has 8 heteroatoms. The van der Waals surface area contributed by atoms with Crippen molar-refractivity contribution in [1.82, 2.24) is 4.90 Å². The van der Waals surface area contributed by atoms with Gasteiger partial charge in [0, 0.05) is 13.1 Å². The van der Waals surface area contributed by atoms with E-state index in [1.165, 1.54) is 18.2 Å². The van der Waals surface area contributed by atoms with E-state index in [-0.39, 0.29) is 28.1 Å². The summed E-state index contributed by atoms with van der Waals surface area (Å²) in [6.45, 7) is 9.80. The molecule has 0 fully saturated rings. The molecule has 2 aromatic rings. The first kappa shape index (κ1) is 22.5. The number of ether oxygens (including phenoxy) is 1. The summed E-state index contributed by atoms with van der Waals surface area (Å²) in [4.78, 5) is 40.1. The van der Waals surface area contributed by atoms with Gasteiger partial charge in [-0.1, -0.05) is 12.1 Å². The number of nitrogens with one attached hydrogen (secondary N) is 1. The fourth-order valence-corrected chi connectivity index (χ4v) is 3.95. The molecule has 29 heavy (non-hydrogen) atoms. The van der Waals surface area contributed by atoms with Gasteiger partial charge in [-0.05, 0) is 52.3 Å². The van der Waals surface area contributed by atoms with E-state index < -0.39 is 17.7 Å². The Bertz CT molecular complexity index is 919. The number of amides is 2. The van der Waals surface area contributed by atoms with Crippen LogP contribution in [-0.4, -0.2) is 41.9 Å². The van der Waals surface area contributed by atoms with Crippen molar-refractivity contribution in [3.05, 3.63) is 51.7 Å². The van der Waals surface area contributed by atoms with Crippen LogP contribution in [-0.2, 0) is 4.74 Å². The van der Waals surface area contributed by atoms with Crippen molar-refractivity contribution >= 4 is 34.1 Å². The summed E-state index contributed by atoms with van der Waals surface area (Å²) in [5.41, 5.74) is 0.392. The molecule has 0 aliphatic heterocycles. The number of benzene rings is 1. The number of rotatable bonds is 7. The number of carbonyl (C=O) groups excluding carboxylic acids is 3. The first-order valence-corrected chi connectivity index (χ1v) is 10.2. The standard InChI is InChI=1S/C21H25FN2O4S/c1-6-24(7-2)20(26)17-13(5)16(21(27)28-12(3)4)19(29-17)23-18(25)14-10-8-9-11-15(14)22/h8-12H,6-7H2,1-5H3,(H,23,25). The number of halogens is 1. The first-order valence-electron chi connectivity index (χ1n) is 9.40. The molecule has 2 amide bonds. The Labute approximate surface area is 173 Å². The Hall–Kier alpha value is -2.74. The Balaban J connectivity index is 2.50. The van der Waals surface area contributed by atoms with Gasteiger partial charge in [-0.3, -0.25) is 9.59 Å². The fourth-order valence-electron chi connectivity index (χ4n) is 2.79. The van der Waals surface area contributed by atoms with E-state index in [0.29, 0.717) is 23.5 Å². The molecule has 1 aromatic carbocycles. The summed E-state index contributed by atoms with van der Waals surface area (Å²) >= 11 is 0.991. The van der Waals surface area contributed by atoms with Crippen molar-refractivity contribution in [2.75, 3.05) is 18.4 Å². The smallest absolute Gasteiger partial charge is 0.341 e. The minimum absolute atomic E-state index is 0.115. The molecule has 156 valence electrons. The summed E-state index contributed by atoms with van der Waals surface area (Å²) in [7, 11) is 0. The molecule has 0 saturated heterocycles. The summed E-state index contributed by atoms with van der Waals surface area (Å²) in [5.74, 6) is -2.26. The fraction of sp³-hybridized carbons (Fsp3) is 0.381. The normalized spacial score (nSPS) is 10.7. The second-order valence-electron chi connectivity index (χ2n) is 6.63. The minimum Gasteiger partial charge on any atom is -0.459 e. The molecule has 1 heterocycles. The van der Waals surface area contributed by atoms with Crippen LogP contribution < -0.4 is 5.32 Å². The van der Waals surface area contributed by atoms with Gasteiger partial charge in [-0.15, -0.1) is 11.3 Å². The Morgan fingerprint density at radius 3 is 2.34 bits per heavy atom. The van der Waals surface area contributed by atoms with Crippen LogP contribution in [0.25, 0.3) is 0 Å².